The van der Waals surface area contributed by atoms with Crippen LogP contribution in [-0.2, 0) is 4.79 Å². The number of aryl methyl sites for hydroxylation is 1. The van der Waals surface area contributed by atoms with Gasteiger partial charge in [-0.05, 0) is 49.6 Å². The molecule has 8 heteroatoms. The molecule has 1 fully saturated rings. The van der Waals surface area contributed by atoms with Crippen LogP contribution in [0.25, 0.3) is 5.69 Å². The Morgan fingerprint density at radius 2 is 1.97 bits per heavy atom. The van der Waals surface area contributed by atoms with Gasteiger partial charge < -0.3 is 9.84 Å². The fraction of sp³-hybridized carbons (Fsp3) is 0.333. The second-order valence-electron chi connectivity index (χ2n) is 8.38. The number of nitrogens with zero attached hydrogens (tertiary/aromatic N) is 4. The Hall–Kier alpha value is -3.19. The van der Waals surface area contributed by atoms with Gasteiger partial charge in [0.05, 0.1) is 24.4 Å². The monoisotopic (exact) mass is 450 g/mol. The Morgan fingerprint density at radius 1 is 1.22 bits per heavy atom. The van der Waals surface area contributed by atoms with Crippen molar-refractivity contribution in [3.8, 4) is 11.4 Å². The summed E-state index contributed by atoms with van der Waals surface area (Å²) in [4.78, 5) is 17.5. The first-order chi connectivity index (χ1) is 15.5. The fourth-order valence-electron chi connectivity index (χ4n) is 4.35. The van der Waals surface area contributed by atoms with Crippen LogP contribution in [-0.4, -0.2) is 38.7 Å². The zero-order valence-electron chi connectivity index (χ0n) is 17.8. The summed E-state index contributed by atoms with van der Waals surface area (Å²) in [6.45, 7) is 1.87. The highest BCUT2D eigenvalue weighted by Crippen LogP contribution is 2.43. The van der Waals surface area contributed by atoms with Gasteiger partial charge in [0.15, 0.2) is 5.82 Å². The molecule has 0 bridgehead atoms. The number of carbonyl (C=O) groups is 1. The minimum Gasteiger partial charge on any atom is -0.497 e. The predicted octanol–water partition coefficient (Wildman–Crippen LogP) is 4.63. The number of aliphatic carboxylic acids is 1. The lowest BCUT2D eigenvalue weighted by Gasteiger charge is -2.20. The maximum absolute atomic E-state index is 12.4. The van der Waals surface area contributed by atoms with Crippen molar-refractivity contribution >= 4 is 23.3 Å². The lowest BCUT2D eigenvalue weighted by Crippen LogP contribution is -2.24. The van der Waals surface area contributed by atoms with Gasteiger partial charge in [-0.2, -0.15) is 0 Å². The molecule has 1 saturated carbocycles. The van der Waals surface area contributed by atoms with Crippen molar-refractivity contribution in [1.82, 2.24) is 14.8 Å². The van der Waals surface area contributed by atoms with Crippen LogP contribution in [0.2, 0.25) is 5.02 Å². The summed E-state index contributed by atoms with van der Waals surface area (Å²) >= 11 is 6.13. The third kappa shape index (κ3) is 3.66. The second-order valence-corrected chi connectivity index (χ2v) is 8.81. The van der Waals surface area contributed by atoms with Crippen molar-refractivity contribution in [3.05, 3.63) is 70.3 Å². The van der Waals surface area contributed by atoms with E-state index in [1.807, 2.05) is 54.0 Å². The number of methoxy groups -OCH3 is 1. The molecule has 3 aromatic rings. The molecule has 0 unspecified atom stereocenters. The third-order valence-electron chi connectivity index (χ3n) is 6.18. The molecule has 2 aromatic carbocycles. The summed E-state index contributed by atoms with van der Waals surface area (Å²) in [6.07, 6.45) is 2.70. The topological polar surface area (TPSA) is 89.6 Å². The summed E-state index contributed by atoms with van der Waals surface area (Å²) < 4.78 is 7.41. The van der Waals surface area contributed by atoms with Crippen LogP contribution in [0.1, 0.15) is 48.1 Å². The molecule has 0 saturated heterocycles. The Labute approximate surface area is 190 Å². The molecule has 2 aliphatic rings. The molecule has 5 rings (SSSR count). The molecule has 164 valence electrons. The van der Waals surface area contributed by atoms with Crippen LogP contribution in [0.5, 0.6) is 5.75 Å². The molecule has 7 nitrogen and oxygen atoms in total. The van der Waals surface area contributed by atoms with E-state index >= 15 is 0 Å². The Kier molecular flexibility index (Phi) is 5.21. The summed E-state index contributed by atoms with van der Waals surface area (Å²) in [5.74, 6) is 0.781. The van der Waals surface area contributed by atoms with E-state index in [1.165, 1.54) is 0 Å². The Bertz CT molecular complexity index is 1210. The van der Waals surface area contributed by atoms with Crippen molar-refractivity contribution in [2.75, 3.05) is 7.11 Å². The number of hydrogen-bond acceptors (Lipinski definition) is 5. The first-order valence-corrected chi connectivity index (χ1v) is 11.0. The minimum atomic E-state index is -0.864. The predicted molar refractivity (Wildman–Crippen MR) is 121 cm³/mol. The summed E-state index contributed by atoms with van der Waals surface area (Å²) in [5, 5.41) is 19.5. The van der Waals surface area contributed by atoms with Gasteiger partial charge >= 0.3 is 5.97 Å². The molecular weight excluding hydrogens is 428 g/mol. The standard InChI is InChI=1S/C24H23ClN4O3/c1-13-27-28-23-22(19(24(30)31)11-14-3-4-14)26-21(15-5-7-16(25)8-6-15)18-12-17(32-2)9-10-20(18)29(13)23/h5-10,12,14,19,22H,3-4,11H2,1-2H3,(H,30,31)/t19-,22+/m1/s1. The smallest absolute Gasteiger partial charge is 0.309 e. The summed E-state index contributed by atoms with van der Waals surface area (Å²) in [7, 11) is 1.62. The van der Waals surface area contributed by atoms with Gasteiger partial charge in [0.25, 0.3) is 0 Å². The number of benzene rings is 2. The highest BCUT2D eigenvalue weighted by Gasteiger charge is 2.40. The molecule has 1 aromatic heterocycles. The van der Waals surface area contributed by atoms with Gasteiger partial charge in [0.1, 0.15) is 17.6 Å². The zero-order valence-corrected chi connectivity index (χ0v) is 18.6. The second kappa shape index (κ2) is 8.06. The molecule has 0 amide bonds. The van der Waals surface area contributed by atoms with Crippen LogP contribution in [0, 0.1) is 18.8 Å². The number of fused-ring (bicyclic) bond motifs is 3. The van der Waals surface area contributed by atoms with E-state index in [2.05, 4.69) is 10.2 Å². The molecule has 1 aliphatic heterocycles. The maximum Gasteiger partial charge on any atom is 0.309 e. The average Bonchev–Trinajstić information content (AvgIpc) is 3.55. The zero-order chi connectivity index (χ0) is 22.4. The average molecular weight is 451 g/mol. The quantitative estimate of drug-likeness (QED) is 0.591. The van der Waals surface area contributed by atoms with E-state index in [1.54, 1.807) is 7.11 Å². The van der Waals surface area contributed by atoms with Crippen molar-refractivity contribution in [3.63, 3.8) is 0 Å². The van der Waals surface area contributed by atoms with Crippen LogP contribution in [0.4, 0.5) is 0 Å². The lowest BCUT2D eigenvalue weighted by atomic mass is 9.93. The number of hydrogen-bond donors (Lipinski definition) is 1. The van der Waals surface area contributed by atoms with Crippen molar-refractivity contribution in [2.45, 2.75) is 32.2 Å². The maximum atomic E-state index is 12.4. The van der Waals surface area contributed by atoms with Crippen molar-refractivity contribution < 1.29 is 14.6 Å². The van der Waals surface area contributed by atoms with Crippen LogP contribution >= 0.6 is 11.6 Å². The van der Waals surface area contributed by atoms with E-state index in [4.69, 9.17) is 21.3 Å². The molecule has 2 heterocycles. The number of halogens is 1. The number of carboxylic acid groups (broad SMARTS) is 1. The molecule has 0 spiro atoms. The number of ether oxygens (including phenoxy) is 1. The first kappa shape index (κ1) is 20.7. The normalized spacial score (nSPS) is 18.2. The van der Waals surface area contributed by atoms with E-state index in [-0.39, 0.29) is 0 Å². The van der Waals surface area contributed by atoms with Gasteiger partial charge in [-0.1, -0.05) is 36.6 Å². The van der Waals surface area contributed by atoms with E-state index in [0.717, 1.165) is 29.7 Å². The Morgan fingerprint density at radius 3 is 2.62 bits per heavy atom. The lowest BCUT2D eigenvalue weighted by molar-refractivity contribution is -0.143. The molecule has 1 aliphatic carbocycles. The molecule has 2 atom stereocenters. The highest BCUT2D eigenvalue weighted by atomic mass is 35.5. The van der Waals surface area contributed by atoms with E-state index in [9.17, 15) is 9.90 Å². The van der Waals surface area contributed by atoms with E-state index < -0.39 is 17.9 Å². The minimum absolute atomic E-state index is 0.425. The van der Waals surface area contributed by atoms with Gasteiger partial charge in [0.2, 0.25) is 0 Å². The SMILES string of the molecule is COc1ccc2c(c1)C(c1ccc(Cl)cc1)=N[C@@H]([C@@H](CC1CC1)C(=O)O)c1nnc(C)n1-2. The number of carboxylic acids is 1. The third-order valence-corrected chi connectivity index (χ3v) is 6.43. The first-order valence-electron chi connectivity index (χ1n) is 10.6. The van der Waals surface area contributed by atoms with Crippen molar-refractivity contribution in [1.29, 1.82) is 0 Å². The number of aromatic nitrogens is 3. The molecule has 0 radical (unpaired) electrons. The summed E-state index contributed by atoms with van der Waals surface area (Å²) in [5.41, 5.74) is 3.21. The number of aliphatic imine (C=N–C) groups is 1. The van der Waals surface area contributed by atoms with Gasteiger partial charge in [0, 0.05) is 16.1 Å². The summed E-state index contributed by atoms with van der Waals surface area (Å²) in [6, 6.07) is 12.5. The molecular formula is C24H23ClN4O3. The van der Waals surface area contributed by atoms with Crippen LogP contribution in [0.3, 0.4) is 0 Å². The highest BCUT2D eigenvalue weighted by molar-refractivity contribution is 6.30. The van der Waals surface area contributed by atoms with Gasteiger partial charge in [-0.15, -0.1) is 10.2 Å². The van der Waals surface area contributed by atoms with Crippen LogP contribution < -0.4 is 4.74 Å². The fourth-order valence-corrected chi connectivity index (χ4v) is 4.47. The Balaban J connectivity index is 1.77. The van der Waals surface area contributed by atoms with Crippen LogP contribution in [0.15, 0.2) is 47.5 Å². The van der Waals surface area contributed by atoms with Gasteiger partial charge in [-0.3, -0.25) is 14.4 Å². The largest absolute Gasteiger partial charge is 0.497 e. The van der Waals surface area contributed by atoms with Crippen molar-refractivity contribution in [2.24, 2.45) is 16.8 Å². The van der Waals surface area contributed by atoms with Gasteiger partial charge in [-0.25, -0.2) is 0 Å². The number of rotatable bonds is 6. The van der Waals surface area contributed by atoms with E-state index in [0.29, 0.717) is 40.5 Å². The molecule has 32 heavy (non-hydrogen) atoms. The molecule has 1 N–H and O–H groups in total.